The molecule has 1 amide bonds. The van der Waals surface area contributed by atoms with Gasteiger partial charge in [-0.1, -0.05) is 12.6 Å². The summed E-state index contributed by atoms with van der Waals surface area (Å²) >= 11 is 0. The van der Waals surface area contributed by atoms with Crippen molar-refractivity contribution in [1.82, 2.24) is 24.6 Å². The lowest BCUT2D eigenvalue weighted by molar-refractivity contribution is -0.111. The number of fused-ring (bicyclic) bond motifs is 2. The minimum atomic E-state index is -0.354. The van der Waals surface area contributed by atoms with Gasteiger partial charge in [-0.25, -0.2) is 19.5 Å². The van der Waals surface area contributed by atoms with Crippen LogP contribution in [0.1, 0.15) is 0 Å². The van der Waals surface area contributed by atoms with Crippen LogP contribution in [0.3, 0.4) is 0 Å². The maximum Gasteiger partial charge on any atom is 0.247 e. The quantitative estimate of drug-likeness (QED) is 0.342. The van der Waals surface area contributed by atoms with Crippen molar-refractivity contribution in [2.45, 2.75) is 0 Å². The Labute approximate surface area is 200 Å². The molecule has 10 heteroatoms. The summed E-state index contributed by atoms with van der Waals surface area (Å²) < 4.78 is 12.7. The molecule has 3 aromatic heterocycles. The third kappa shape index (κ3) is 4.20. The number of amides is 1. The average molecular weight is 467 g/mol. The van der Waals surface area contributed by atoms with Gasteiger partial charge in [0.2, 0.25) is 5.91 Å². The molecule has 0 atom stereocenters. The van der Waals surface area contributed by atoms with Gasteiger partial charge in [-0.2, -0.15) is 5.10 Å². The lowest BCUT2D eigenvalue weighted by Crippen LogP contribution is -2.09. The van der Waals surface area contributed by atoms with E-state index in [-0.39, 0.29) is 5.91 Å². The highest BCUT2D eigenvalue weighted by Gasteiger charge is 2.14. The van der Waals surface area contributed by atoms with E-state index in [4.69, 9.17) is 9.47 Å². The van der Waals surface area contributed by atoms with Crippen LogP contribution in [-0.4, -0.2) is 44.7 Å². The Morgan fingerprint density at radius 2 is 1.77 bits per heavy atom. The second kappa shape index (κ2) is 9.10. The lowest BCUT2D eigenvalue weighted by Gasteiger charge is -2.15. The molecule has 0 unspecified atom stereocenters. The van der Waals surface area contributed by atoms with E-state index in [2.05, 4.69) is 37.3 Å². The van der Waals surface area contributed by atoms with E-state index in [1.165, 1.54) is 25.8 Å². The van der Waals surface area contributed by atoms with E-state index in [9.17, 15) is 4.79 Å². The molecule has 0 fully saturated rings. The molecule has 5 aromatic rings. The molecule has 5 rings (SSSR count). The fraction of sp³-hybridized carbons (Fsp3) is 0.0800. The van der Waals surface area contributed by atoms with Gasteiger partial charge < -0.3 is 20.1 Å². The summed E-state index contributed by atoms with van der Waals surface area (Å²) in [5.74, 6) is 1.29. The highest BCUT2D eigenvalue weighted by Crippen LogP contribution is 2.36. The Kier molecular flexibility index (Phi) is 5.68. The highest BCUT2D eigenvalue weighted by atomic mass is 16.5. The third-order valence-electron chi connectivity index (χ3n) is 5.47. The highest BCUT2D eigenvalue weighted by molar-refractivity contribution is 6.03. The molecule has 0 spiro atoms. The largest absolute Gasteiger partial charge is 0.495 e. The molecular weight excluding hydrogens is 446 g/mol. The SMILES string of the molecule is C=CC(=O)Nc1cc2c(Nc3cc(-c4ccn5ncnc5c4)ccc3OC)ncnc2cc1OC. The molecule has 0 aliphatic carbocycles. The Balaban J connectivity index is 1.57. The van der Waals surface area contributed by atoms with E-state index in [1.807, 2.05) is 36.5 Å². The van der Waals surface area contributed by atoms with Gasteiger partial charge in [0.05, 0.1) is 31.1 Å². The Morgan fingerprint density at radius 3 is 2.57 bits per heavy atom. The zero-order valence-corrected chi connectivity index (χ0v) is 19.0. The molecule has 10 nitrogen and oxygen atoms in total. The number of methoxy groups -OCH3 is 2. The summed E-state index contributed by atoms with van der Waals surface area (Å²) in [5, 5.41) is 10.9. The van der Waals surface area contributed by atoms with Crippen molar-refractivity contribution in [3.05, 3.63) is 74.0 Å². The number of pyridine rings is 1. The molecule has 0 aliphatic heterocycles. The number of anilines is 3. The first-order chi connectivity index (χ1) is 17.1. The van der Waals surface area contributed by atoms with Crippen molar-refractivity contribution in [3.8, 4) is 22.6 Å². The average Bonchev–Trinajstić information content (AvgIpc) is 3.36. The van der Waals surface area contributed by atoms with Crippen LogP contribution in [0.25, 0.3) is 27.7 Å². The molecular formula is C25H21N7O3. The van der Waals surface area contributed by atoms with Crippen molar-refractivity contribution in [3.63, 3.8) is 0 Å². The van der Waals surface area contributed by atoms with Crippen LogP contribution in [0.4, 0.5) is 17.2 Å². The molecule has 3 heterocycles. The minimum absolute atomic E-state index is 0.354. The molecule has 0 saturated heterocycles. The fourth-order valence-corrected chi connectivity index (χ4v) is 3.74. The van der Waals surface area contributed by atoms with Crippen LogP contribution in [0.2, 0.25) is 0 Å². The van der Waals surface area contributed by atoms with E-state index < -0.39 is 0 Å². The van der Waals surface area contributed by atoms with E-state index in [0.29, 0.717) is 39.6 Å². The number of benzene rings is 2. The van der Waals surface area contributed by atoms with E-state index in [0.717, 1.165) is 16.8 Å². The van der Waals surface area contributed by atoms with Crippen LogP contribution in [-0.2, 0) is 4.79 Å². The molecule has 0 aliphatic rings. The predicted octanol–water partition coefficient (Wildman–Crippen LogP) is 4.22. The molecule has 0 bridgehead atoms. The Morgan fingerprint density at radius 1 is 0.943 bits per heavy atom. The zero-order valence-electron chi connectivity index (χ0n) is 19.0. The minimum Gasteiger partial charge on any atom is -0.495 e. The van der Waals surface area contributed by atoms with E-state index in [1.54, 1.807) is 23.8 Å². The molecule has 2 aromatic carbocycles. The summed E-state index contributed by atoms with van der Waals surface area (Å²) in [5.41, 5.74) is 4.51. The number of hydrogen-bond acceptors (Lipinski definition) is 8. The monoisotopic (exact) mass is 467 g/mol. The van der Waals surface area contributed by atoms with Gasteiger partial charge in [0.15, 0.2) is 5.65 Å². The number of aromatic nitrogens is 5. The van der Waals surface area contributed by atoms with Crippen molar-refractivity contribution in [2.24, 2.45) is 0 Å². The summed E-state index contributed by atoms with van der Waals surface area (Å²) in [4.78, 5) is 25.0. The molecule has 2 N–H and O–H groups in total. The van der Waals surface area contributed by atoms with Crippen LogP contribution in [0.5, 0.6) is 11.5 Å². The Hall–Kier alpha value is -4.99. The molecule has 0 radical (unpaired) electrons. The molecule has 0 saturated carbocycles. The number of rotatable bonds is 7. The summed E-state index contributed by atoms with van der Waals surface area (Å²) in [6.45, 7) is 3.50. The number of nitrogens with zero attached hydrogens (tertiary/aromatic N) is 5. The van der Waals surface area contributed by atoms with Gasteiger partial charge in [0.25, 0.3) is 0 Å². The van der Waals surface area contributed by atoms with Crippen LogP contribution < -0.4 is 20.1 Å². The first-order valence-electron chi connectivity index (χ1n) is 10.6. The van der Waals surface area contributed by atoms with Gasteiger partial charge >= 0.3 is 0 Å². The first-order valence-corrected chi connectivity index (χ1v) is 10.6. The van der Waals surface area contributed by atoms with Crippen LogP contribution >= 0.6 is 0 Å². The molecule has 35 heavy (non-hydrogen) atoms. The lowest BCUT2D eigenvalue weighted by atomic mass is 10.1. The van der Waals surface area contributed by atoms with Gasteiger partial charge in [0.1, 0.15) is 30.0 Å². The van der Waals surface area contributed by atoms with Crippen molar-refractivity contribution in [1.29, 1.82) is 0 Å². The second-order valence-corrected chi connectivity index (χ2v) is 7.50. The molecule has 174 valence electrons. The standard InChI is InChI=1S/C25H21N7O3/c1-4-24(33)30-20-11-17-18(12-22(20)35-3)26-13-28-25(17)31-19-9-15(5-6-21(19)34-2)16-7-8-32-23(10-16)27-14-29-32/h4-14H,1H2,2-3H3,(H,30,33)(H,26,28,31). The van der Waals surface area contributed by atoms with Gasteiger partial charge in [-0.05, 0) is 47.5 Å². The number of carbonyl (C=O) groups is 1. The number of ether oxygens (including phenoxy) is 2. The number of carbonyl (C=O) groups excluding carboxylic acids is 1. The normalized spacial score (nSPS) is 10.8. The van der Waals surface area contributed by atoms with Crippen molar-refractivity contribution in [2.75, 3.05) is 24.9 Å². The smallest absolute Gasteiger partial charge is 0.247 e. The third-order valence-corrected chi connectivity index (χ3v) is 5.47. The van der Waals surface area contributed by atoms with Gasteiger partial charge in [-0.3, -0.25) is 4.79 Å². The Bertz CT molecular complexity index is 1580. The second-order valence-electron chi connectivity index (χ2n) is 7.50. The van der Waals surface area contributed by atoms with Crippen LogP contribution in [0, 0.1) is 0 Å². The number of hydrogen-bond donors (Lipinski definition) is 2. The number of nitrogens with one attached hydrogen (secondary N) is 2. The summed E-state index contributed by atoms with van der Waals surface area (Å²) in [6, 6.07) is 13.2. The van der Waals surface area contributed by atoms with Crippen molar-refractivity contribution < 1.29 is 14.3 Å². The van der Waals surface area contributed by atoms with Gasteiger partial charge in [-0.15, -0.1) is 0 Å². The summed E-state index contributed by atoms with van der Waals surface area (Å²) in [6.07, 6.45) is 6.03. The maximum absolute atomic E-state index is 11.9. The van der Waals surface area contributed by atoms with Crippen molar-refractivity contribution >= 4 is 39.6 Å². The zero-order chi connectivity index (χ0) is 24.4. The van der Waals surface area contributed by atoms with Gasteiger partial charge in [0, 0.05) is 17.6 Å². The first kappa shape index (κ1) is 21.8. The maximum atomic E-state index is 11.9. The van der Waals surface area contributed by atoms with Crippen LogP contribution in [0.15, 0.2) is 74.0 Å². The topological polar surface area (TPSA) is 116 Å². The van der Waals surface area contributed by atoms with E-state index >= 15 is 0 Å². The predicted molar refractivity (Wildman–Crippen MR) is 133 cm³/mol. The fourth-order valence-electron chi connectivity index (χ4n) is 3.74. The summed E-state index contributed by atoms with van der Waals surface area (Å²) in [7, 11) is 3.13.